The number of methoxy groups -OCH3 is 2. The van der Waals surface area contributed by atoms with Crippen LogP contribution in [-0.2, 0) is 23.7 Å². The van der Waals surface area contributed by atoms with Crippen molar-refractivity contribution in [1.82, 2.24) is 0 Å². The van der Waals surface area contributed by atoms with Gasteiger partial charge in [0.05, 0.1) is 31.5 Å². The monoisotopic (exact) mass is 696 g/mol. The van der Waals surface area contributed by atoms with Crippen LogP contribution in [0.4, 0.5) is 0 Å². The van der Waals surface area contributed by atoms with E-state index in [1.165, 1.54) is 7.11 Å². The van der Waals surface area contributed by atoms with E-state index in [0.717, 1.165) is 25.3 Å². The zero-order valence-electron chi connectivity index (χ0n) is 29.8. The zero-order chi connectivity index (χ0) is 35.6. The Morgan fingerprint density at radius 1 is 1.06 bits per heavy atom. The van der Waals surface area contributed by atoms with Gasteiger partial charge in [-0.05, 0) is 69.0 Å². The minimum atomic E-state index is -1.44. The van der Waals surface area contributed by atoms with Crippen LogP contribution in [0.15, 0.2) is 60.7 Å². The maximum atomic E-state index is 13.5. The number of aliphatic hydroxyl groups is 1. The predicted molar refractivity (Wildman–Crippen MR) is 190 cm³/mol. The van der Waals surface area contributed by atoms with Crippen LogP contribution in [0.3, 0.4) is 0 Å². The number of carbonyl (C=O) groups is 2. The molecule has 2 fully saturated rings. The van der Waals surface area contributed by atoms with E-state index in [1.807, 2.05) is 38.1 Å². The van der Waals surface area contributed by atoms with Crippen LogP contribution in [0.2, 0.25) is 25.7 Å². The van der Waals surface area contributed by atoms with Crippen LogP contribution in [0.1, 0.15) is 65.8 Å². The molecule has 2 aromatic rings. The second-order valence-corrected chi connectivity index (χ2v) is 19.8. The summed E-state index contributed by atoms with van der Waals surface area (Å²) in [7, 11) is 1.61. The maximum Gasteiger partial charge on any atom is 0.342 e. The van der Waals surface area contributed by atoms with E-state index in [-0.39, 0.29) is 24.0 Å². The number of esters is 2. The van der Waals surface area contributed by atoms with Crippen molar-refractivity contribution >= 4 is 26.1 Å². The fourth-order valence-electron chi connectivity index (χ4n) is 5.92. The van der Waals surface area contributed by atoms with Crippen LogP contribution in [0, 0.1) is 5.92 Å². The van der Waals surface area contributed by atoms with Crippen molar-refractivity contribution in [2.75, 3.05) is 27.6 Å². The quantitative estimate of drug-likeness (QED) is 0.0848. The highest BCUT2D eigenvalue weighted by Crippen LogP contribution is 2.36. The van der Waals surface area contributed by atoms with Crippen molar-refractivity contribution in [2.45, 2.75) is 95.4 Å². The molecule has 4 rings (SSSR count). The first-order chi connectivity index (χ1) is 23.3. The van der Waals surface area contributed by atoms with Gasteiger partial charge in [0, 0.05) is 27.2 Å². The lowest BCUT2D eigenvalue weighted by atomic mass is 9.99. The Bertz CT molecular complexity index is 1450. The van der Waals surface area contributed by atoms with E-state index in [1.54, 1.807) is 49.6 Å². The molecule has 5 atom stereocenters. The summed E-state index contributed by atoms with van der Waals surface area (Å²) in [5.74, 6) is -1.19. The molecule has 0 bridgehead atoms. The molecule has 0 spiro atoms. The van der Waals surface area contributed by atoms with Gasteiger partial charge in [-0.2, -0.15) is 0 Å². The topological polar surface area (TPSA) is 119 Å². The van der Waals surface area contributed by atoms with Gasteiger partial charge >= 0.3 is 11.9 Å². The Kier molecular flexibility index (Phi) is 13.6. The molecule has 49 heavy (non-hydrogen) atoms. The van der Waals surface area contributed by atoms with Crippen LogP contribution in [-0.4, -0.2) is 82.9 Å². The summed E-state index contributed by atoms with van der Waals surface area (Å²) in [4.78, 5) is 26.7. The Hall–Kier alpha value is -3.48. The predicted octanol–water partition coefficient (Wildman–Crippen LogP) is 7.04. The maximum absolute atomic E-state index is 13.5. The van der Waals surface area contributed by atoms with E-state index in [2.05, 4.69) is 19.6 Å². The first-order valence-electron chi connectivity index (χ1n) is 17.0. The van der Waals surface area contributed by atoms with Crippen LogP contribution in [0.5, 0.6) is 11.5 Å². The van der Waals surface area contributed by atoms with Gasteiger partial charge in [0.1, 0.15) is 29.3 Å². The summed E-state index contributed by atoms with van der Waals surface area (Å²) in [5, 5.41) is 10.5. The third kappa shape index (κ3) is 11.3. The van der Waals surface area contributed by atoms with Crippen molar-refractivity contribution in [1.29, 1.82) is 0 Å². The number of benzene rings is 2. The summed E-state index contributed by atoms with van der Waals surface area (Å²) < 4.78 is 40.9. The van der Waals surface area contributed by atoms with Crippen molar-refractivity contribution in [3.05, 3.63) is 77.4 Å². The second kappa shape index (κ2) is 17.4. The lowest BCUT2D eigenvalue weighted by Gasteiger charge is -2.25. The Morgan fingerprint density at radius 3 is 2.47 bits per heavy atom. The molecule has 11 heteroatoms. The van der Waals surface area contributed by atoms with E-state index in [9.17, 15) is 14.7 Å². The average molecular weight is 697 g/mol. The zero-order valence-corrected chi connectivity index (χ0v) is 30.8. The molecule has 268 valence electrons. The summed E-state index contributed by atoms with van der Waals surface area (Å²) in [6, 6.07) is 13.0. The van der Waals surface area contributed by atoms with Gasteiger partial charge in [0.2, 0.25) is 0 Å². The number of rotatable bonds is 16. The minimum Gasteiger partial charge on any atom is -0.497 e. The van der Waals surface area contributed by atoms with Gasteiger partial charge < -0.3 is 38.3 Å². The molecule has 1 aliphatic carbocycles. The molecule has 2 aromatic carbocycles. The largest absolute Gasteiger partial charge is 0.497 e. The van der Waals surface area contributed by atoms with Crippen molar-refractivity contribution in [3.63, 3.8) is 0 Å². The lowest BCUT2D eigenvalue weighted by molar-refractivity contribution is -0.152. The molecule has 10 nitrogen and oxygen atoms in total. The van der Waals surface area contributed by atoms with Gasteiger partial charge in [-0.1, -0.05) is 62.5 Å². The van der Waals surface area contributed by atoms with Crippen molar-refractivity contribution in [2.24, 2.45) is 5.92 Å². The second-order valence-electron chi connectivity index (χ2n) is 14.1. The third-order valence-corrected chi connectivity index (χ3v) is 10.2. The molecule has 1 aliphatic heterocycles. The Labute approximate surface area is 291 Å². The smallest absolute Gasteiger partial charge is 0.342 e. The van der Waals surface area contributed by atoms with Crippen molar-refractivity contribution in [3.8, 4) is 11.5 Å². The third-order valence-electron chi connectivity index (χ3n) is 8.51. The molecule has 0 amide bonds. The van der Waals surface area contributed by atoms with Crippen LogP contribution < -0.4 is 9.47 Å². The van der Waals surface area contributed by atoms with Crippen LogP contribution in [0.25, 0.3) is 6.08 Å². The molecule has 0 aromatic heterocycles. The molecule has 1 saturated carbocycles. The highest BCUT2D eigenvalue weighted by atomic mass is 28.3. The standard InChI is InChI=1S/C38H52O10Si/c1-38(2)47-32(35(48-38)31(20-19-26-15-11-17-30(26)39)46-36(40)27-13-9-8-10-14-27)18-12-16-28-23-29(43-4)24-33(45-25-42-3)34(28)37(41)44-21-22-49(5,6)7/h8-10,12-14,16,19-20,23-24,26,30-32,35,39H,11,15,17-18,21-22,25H2,1-7H3/t26-,30-,31?,32+,35-/m1/s1. The average Bonchev–Trinajstić information content (AvgIpc) is 3.61. The lowest BCUT2D eigenvalue weighted by Crippen LogP contribution is -2.37. The van der Waals surface area contributed by atoms with Gasteiger partial charge in [0.15, 0.2) is 12.6 Å². The molecule has 1 saturated heterocycles. The molecular weight excluding hydrogens is 644 g/mol. The number of carbonyl (C=O) groups excluding carboxylic acids is 2. The first kappa shape index (κ1) is 38.3. The van der Waals surface area contributed by atoms with Gasteiger partial charge in [-0.25, -0.2) is 9.59 Å². The van der Waals surface area contributed by atoms with E-state index in [4.69, 9.17) is 33.2 Å². The highest BCUT2D eigenvalue weighted by molar-refractivity contribution is 6.76. The van der Waals surface area contributed by atoms with Gasteiger partial charge in [-0.15, -0.1) is 0 Å². The summed E-state index contributed by atoms with van der Waals surface area (Å²) >= 11 is 0. The first-order valence-corrected chi connectivity index (χ1v) is 20.7. The normalized spacial score (nSPS) is 22.8. The molecule has 0 radical (unpaired) electrons. The summed E-state index contributed by atoms with van der Waals surface area (Å²) in [6.45, 7) is 10.6. The fraction of sp³-hybridized carbons (Fsp3) is 0.526. The SMILES string of the molecule is COCOc1cc(OC)cc(C=CC[C@@H]2OC(C)(C)O[C@@H]2C(C=C[C@H]2CCC[C@H]2O)OC(=O)c2ccccc2)c1C(=O)OCC[Si](C)(C)C. The molecule has 1 unspecified atom stereocenters. The number of aliphatic hydroxyl groups excluding tert-OH is 1. The van der Waals surface area contributed by atoms with Crippen LogP contribution >= 0.6 is 0 Å². The number of ether oxygens (including phenoxy) is 7. The molecule has 1 N–H and O–H groups in total. The summed E-state index contributed by atoms with van der Waals surface area (Å²) in [6.07, 6.45) is 7.95. The fourth-order valence-corrected chi connectivity index (χ4v) is 6.63. The number of hydrogen-bond donors (Lipinski definition) is 1. The van der Waals surface area contributed by atoms with Gasteiger partial charge in [-0.3, -0.25) is 0 Å². The highest BCUT2D eigenvalue weighted by Gasteiger charge is 2.45. The van der Waals surface area contributed by atoms with Crippen molar-refractivity contribution < 1.29 is 47.9 Å². The van der Waals surface area contributed by atoms with E-state index >= 15 is 0 Å². The van der Waals surface area contributed by atoms with E-state index < -0.39 is 50.2 Å². The molecule has 2 aliphatic rings. The molecule has 1 heterocycles. The van der Waals surface area contributed by atoms with Gasteiger partial charge in [0.25, 0.3) is 0 Å². The Morgan fingerprint density at radius 2 is 1.82 bits per heavy atom. The summed E-state index contributed by atoms with van der Waals surface area (Å²) in [5.41, 5.74) is 1.23. The Balaban J connectivity index is 1.62. The molecular formula is C38H52O10Si. The number of hydrogen-bond acceptors (Lipinski definition) is 10. The minimum absolute atomic E-state index is 0.0295. The van der Waals surface area contributed by atoms with E-state index in [0.29, 0.717) is 29.9 Å².